The second-order valence-electron chi connectivity index (χ2n) is 9.85. The molecule has 1 aliphatic carbocycles. The Bertz CT molecular complexity index is 2090. The summed E-state index contributed by atoms with van der Waals surface area (Å²) >= 11 is 7.37. The Morgan fingerprint density at radius 2 is 1.88 bits per heavy atom. The van der Waals surface area contributed by atoms with Crippen LogP contribution in [0.15, 0.2) is 98.6 Å². The van der Waals surface area contributed by atoms with Gasteiger partial charge in [0.05, 0.1) is 27.3 Å². The molecule has 0 bridgehead atoms. The summed E-state index contributed by atoms with van der Waals surface area (Å²) in [6, 6.07) is 21.9. The lowest BCUT2D eigenvalue weighted by Gasteiger charge is -2.30. The van der Waals surface area contributed by atoms with E-state index in [1.54, 1.807) is 41.0 Å². The van der Waals surface area contributed by atoms with Gasteiger partial charge in [0.15, 0.2) is 4.80 Å². The fourth-order valence-electron chi connectivity index (χ4n) is 5.52. The minimum Gasteiger partial charge on any atom is -0.545 e. The minimum atomic E-state index is -1.36. The number of carboxylic acid groups (broad SMARTS) is 1. The predicted octanol–water partition coefficient (Wildman–Crippen LogP) is 4.73. The van der Waals surface area contributed by atoms with Crippen molar-refractivity contribution in [3.8, 4) is 11.3 Å². The van der Waals surface area contributed by atoms with Gasteiger partial charge in [-0.3, -0.25) is 9.36 Å². The van der Waals surface area contributed by atoms with Gasteiger partial charge >= 0.3 is 0 Å². The van der Waals surface area contributed by atoms with E-state index in [2.05, 4.69) is 12.1 Å². The van der Waals surface area contributed by atoms with Gasteiger partial charge in [-0.05, 0) is 59.9 Å². The summed E-state index contributed by atoms with van der Waals surface area (Å²) in [6.45, 7) is 0. The highest BCUT2D eigenvalue weighted by Crippen LogP contribution is 2.41. The number of carbonyl (C=O) groups is 1. The molecule has 3 heterocycles. The first-order valence-corrected chi connectivity index (χ1v) is 14.1. The van der Waals surface area contributed by atoms with Gasteiger partial charge in [-0.1, -0.05) is 71.5 Å². The monoisotopic (exact) mass is 581 g/mol. The number of hydrogen-bond acceptors (Lipinski definition) is 6. The molecule has 7 rings (SSSR count). The highest BCUT2D eigenvalue weighted by molar-refractivity contribution is 7.07. The van der Waals surface area contributed by atoms with Crippen molar-refractivity contribution in [2.24, 2.45) is 4.99 Å². The molecule has 0 radical (unpaired) electrons. The number of aromatic nitrogens is 1. The van der Waals surface area contributed by atoms with Gasteiger partial charge in [0, 0.05) is 22.8 Å². The average molecular weight is 582 g/mol. The van der Waals surface area contributed by atoms with E-state index in [1.165, 1.54) is 41.2 Å². The zero-order chi connectivity index (χ0) is 28.2. The van der Waals surface area contributed by atoms with Crippen LogP contribution in [-0.4, -0.2) is 10.5 Å². The van der Waals surface area contributed by atoms with E-state index in [0.717, 1.165) is 35.2 Å². The summed E-state index contributed by atoms with van der Waals surface area (Å²) in [5.41, 5.74) is 5.25. The van der Waals surface area contributed by atoms with Crippen LogP contribution in [0.25, 0.3) is 23.1 Å². The van der Waals surface area contributed by atoms with E-state index in [9.17, 15) is 19.1 Å². The summed E-state index contributed by atoms with van der Waals surface area (Å²) in [5.74, 6) is -0.792. The van der Waals surface area contributed by atoms with E-state index in [-0.39, 0.29) is 22.0 Å². The summed E-state index contributed by atoms with van der Waals surface area (Å²) in [4.78, 5) is 30.6. The second kappa shape index (κ2) is 9.83. The van der Waals surface area contributed by atoms with Crippen LogP contribution in [0.4, 0.5) is 4.39 Å². The number of thiazole rings is 1. The number of furan rings is 1. The molecule has 0 fully saturated rings. The molecule has 5 aromatic rings. The third-order valence-electron chi connectivity index (χ3n) is 7.43. The first-order chi connectivity index (χ1) is 19.9. The van der Waals surface area contributed by atoms with E-state index in [0.29, 0.717) is 26.4 Å². The average Bonchev–Trinajstić information content (AvgIpc) is 3.56. The van der Waals surface area contributed by atoms with Crippen LogP contribution >= 0.6 is 22.9 Å². The molecular weight excluding hydrogens is 563 g/mol. The molecule has 0 saturated carbocycles. The molecule has 41 heavy (non-hydrogen) atoms. The number of rotatable bonds is 4. The van der Waals surface area contributed by atoms with Crippen LogP contribution < -0.4 is 20.0 Å². The first kappa shape index (κ1) is 25.4. The summed E-state index contributed by atoms with van der Waals surface area (Å²) in [5, 5.41) is 11.2. The Balaban J connectivity index is 1.36. The summed E-state index contributed by atoms with van der Waals surface area (Å²) in [7, 11) is 0. The number of allylic oxidation sites excluding steroid dienone is 1. The summed E-state index contributed by atoms with van der Waals surface area (Å²) in [6.07, 6.45) is 3.24. The smallest absolute Gasteiger partial charge is 0.271 e. The maximum Gasteiger partial charge on any atom is 0.271 e. The number of halogens is 2. The maximum atomic E-state index is 13.9. The van der Waals surface area contributed by atoms with Crippen molar-refractivity contribution in [2.75, 3.05) is 0 Å². The number of carbonyl (C=O) groups excluding carboxylic acids is 1. The van der Waals surface area contributed by atoms with Crippen LogP contribution in [-0.2, 0) is 6.42 Å². The topological polar surface area (TPSA) is 87.6 Å². The van der Waals surface area contributed by atoms with Gasteiger partial charge in [0.25, 0.3) is 5.56 Å². The SMILES string of the molecule is O=C([O-])c1ccc(-c2ccc(/C=c3/sc4n(c3=O)[C@H](c3ccc(F)cc3)C3=C(N=4)c4ccccc4CC3)o2)cc1Cl. The van der Waals surface area contributed by atoms with Crippen molar-refractivity contribution in [2.45, 2.75) is 18.9 Å². The van der Waals surface area contributed by atoms with Crippen LogP contribution in [0.2, 0.25) is 5.02 Å². The Morgan fingerprint density at radius 1 is 1.07 bits per heavy atom. The third-order valence-corrected chi connectivity index (χ3v) is 8.73. The van der Waals surface area contributed by atoms with Crippen molar-refractivity contribution in [3.05, 3.63) is 143 Å². The molecule has 3 aromatic carbocycles. The first-order valence-electron chi connectivity index (χ1n) is 12.9. The lowest BCUT2D eigenvalue weighted by atomic mass is 9.83. The molecule has 1 atom stereocenters. The molecule has 9 heteroatoms. The van der Waals surface area contributed by atoms with Crippen LogP contribution in [0.1, 0.15) is 45.3 Å². The molecule has 6 nitrogen and oxygen atoms in total. The van der Waals surface area contributed by atoms with Gasteiger partial charge in [-0.25, -0.2) is 9.38 Å². The van der Waals surface area contributed by atoms with Gasteiger partial charge in [0.1, 0.15) is 17.3 Å². The Hall–Kier alpha value is -4.53. The zero-order valence-corrected chi connectivity index (χ0v) is 22.8. The second-order valence-corrected chi connectivity index (χ2v) is 11.3. The Kier molecular flexibility index (Phi) is 6.10. The normalized spacial score (nSPS) is 16.1. The predicted molar refractivity (Wildman–Crippen MR) is 153 cm³/mol. The van der Waals surface area contributed by atoms with E-state index in [1.807, 2.05) is 12.1 Å². The number of aromatic carboxylic acids is 1. The molecule has 2 aromatic heterocycles. The van der Waals surface area contributed by atoms with Gasteiger partial charge in [-0.15, -0.1) is 0 Å². The van der Waals surface area contributed by atoms with Crippen LogP contribution in [0.3, 0.4) is 0 Å². The van der Waals surface area contributed by atoms with Crippen molar-refractivity contribution in [3.63, 3.8) is 0 Å². The van der Waals surface area contributed by atoms with E-state index >= 15 is 0 Å². The standard InChI is InChI=1S/C32H20ClFN2O4S/c33-25-15-19(8-12-23(25)31(38)39)26-14-11-21(40-26)16-27-30(37)36-29(18-5-9-20(34)10-6-18)24-13-7-17-3-1-2-4-22(17)28(24)35-32(36)41-27/h1-6,8-12,14-16,29H,7,13H2,(H,38,39)/p-1/b27-16+/t29-/m1/s1. The number of benzene rings is 3. The quantitative estimate of drug-likeness (QED) is 0.307. The third kappa shape index (κ3) is 4.36. The molecule has 0 N–H and O–H groups in total. The molecule has 0 unspecified atom stereocenters. The number of carboxylic acids is 1. The van der Waals surface area contributed by atoms with Crippen LogP contribution in [0, 0.1) is 5.82 Å². The highest BCUT2D eigenvalue weighted by Gasteiger charge is 2.32. The summed E-state index contributed by atoms with van der Waals surface area (Å²) < 4.78 is 22.0. The number of aryl methyl sites for hydroxylation is 1. The molecule has 0 spiro atoms. The van der Waals surface area contributed by atoms with Crippen molar-refractivity contribution in [1.29, 1.82) is 0 Å². The molecule has 2 aliphatic rings. The zero-order valence-electron chi connectivity index (χ0n) is 21.3. The van der Waals surface area contributed by atoms with Gasteiger partial charge in [0.2, 0.25) is 0 Å². The maximum absolute atomic E-state index is 13.9. The molecular formula is C32H19ClFN2O4S-. The van der Waals surface area contributed by atoms with Gasteiger partial charge in [-0.2, -0.15) is 0 Å². The van der Waals surface area contributed by atoms with Gasteiger partial charge < -0.3 is 14.3 Å². The Labute approximate surface area is 241 Å². The van der Waals surface area contributed by atoms with E-state index in [4.69, 9.17) is 21.0 Å². The van der Waals surface area contributed by atoms with Crippen LogP contribution in [0.5, 0.6) is 0 Å². The lowest BCUT2D eigenvalue weighted by molar-refractivity contribution is -0.255. The molecule has 1 aliphatic heterocycles. The van der Waals surface area contributed by atoms with E-state index < -0.39 is 12.0 Å². The molecule has 0 saturated heterocycles. The lowest BCUT2D eigenvalue weighted by Crippen LogP contribution is -2.38. The Morgan fingerprint density at radius 3 is 2.66 bits per heavy atom. The highest BCUT2D eigenvalue weighted by atomic mass is 35.5. The fraction of sp³-hybridized carbons (Fsp3) is 0.0938. The largest absolute Gasteiger partial charge is 0.545 e. The van der Waals surface area contributed by atoms with Crippen molar-refractivity contribution >= 4 is 40.7 Å². The number of fused-ring (bicyclic) bond motifs is 3. The van der Waals surface area contributed by atoms with Crippen molar-refractivity contribution in [1.82, 2.24) is 4.57 Å². The number of hydrogen-bond donors (Lipinski definition) is 0. The number of nitrogens with zero attached hydrogens (tertiary/aromatic N) is 2. The minimum absolute atomic E-state index is 0.0418. The molecule has 202 valence electrons. The molecule has 0 amide bonds. The van der Waals surface area contributed by atoms with Crippen molar-refractivity contribution < 1.29 is 18.7 Å². The fourth-order valence-corrected chi connectivity index (χ4v) is 6.75.